The molecule has 0 spiro atoms. The lowest BCUT2D eigenvalue weighted by atomic mass is 10.0. The van der Waals surface area contributed by atoms with Crippen LogP contribution in [-0.2, 0) is 6.54 Å². The molecule has 0 bridgehead atoms. The number of nitrogens with zero attached hydrogens (tertiary/aromatic N) is 2. The average Bonchev–Trinajstić information content (AvgIpc) is 2.77. The molecule has 0 fully saturated rings. The topological polar surface area (TPSA) is 64.1 Å². The predicted molar refractivity (Wildman–Crippen MR) is 114 cm³/mol. The van der Waals surface area contributed by atoms with Gasteiger partial charge in [-0.05, 0) is 42.5 Å². The van der Waals surface area contributed by atoms with Crippen molar-refractivity contribution in [3.8, 4) is 17.0 Å². The number of benzene rings is 2. The van der Waals surface area contributed by atoms with Crippen LogP contribution >= 0.6 is 11.6 Å². The largest absolute Gasteiger partial charge is 0.496 e. The van der Waals surface area contributed by atoms with Crippen LogP contribution in [0.2, 0.25) is 5.02 Å². The Labute approximate surface area is 173 Å². The van der Waals surface area contributed by atoms with Gasteiger partial charge in [0.25, 0.3) is 5.91 Å². The number of hydrogen-bond acceptors (Lipinski definition) is 4. The summed E-state index contributed by atoms with van der Waals surface area (Å²) in [6.45, 7) is 0.343. The standard InChI is InChI=1S/C23H18ClN3O2/c1-29-22-7-3-2-5-16(22)14-26-23(28)19-12-21(15-6-4-10-25-13-15)27-20-9-8-17(24)11-18(19)20/h2-13H,14H2,1H3,(H,26,28). The number of amides is 1. The molecule has 29 heavy (non-hydrogen) atoms. The molecule has 1 amide bonds. The van der Waals surface area contributed by atoms with E-state index in [4.69, 9.17) is 16.3 Å². The second-order valence-corrected chi connectivity index (χ2v) is 6.89. The van der Waals surface area contributed by atoms with E-state index in [2.05, 4.69) is 15.3 Å². The minimum Gasteiger partial charge on any atom is -0.496 e. The highest BCUT2D eigenvalue weighted by Gasteiger charge is 2.15. The Morgan fingerprint density at radius 3 is 2.76 bits per heavy atom. The summed E-state index contributed by atoms with van der Waals surface area (Å²) in [5.74, 6) is 0.516. The van der Waals surface area contributed by atoms with Gasteiger partial charge in [-0.15, -0.1) is 0 Å². The SMILES string of the molecule is COc1ccccc1CNC(=O)c1cc(-c2cccnc2)nc2ccc(Cl)cc12. The van der Waals surface area contributed by atoms with Crippen molar-refractivity contribution in [3.63, 3.8) is 0 Å². The lowest BCUT2D eigenvalue weighted by molar-refractivity contribution is 0.0952. The number of aromatic nitrogens is 2. The van der Waals surface area contributed by atoms with Crippen molar-refractivity contribution < 1.29 is 9.53 Å². The van der Waals surface area contributed by atoms with E-state index in [1.54, 1.807) is 37.7 Å². The number of fused-ring (bicyclic) bond motifs is 1. The monoisotopic (exact) mass is 403 g/mol. The molecule has 0 aliphatic carbocycles. The second kappa shape index (κ2) is 8.29. The summed E-state index contributed by atoms with van der Waals surface area (Å²) in [5, 5.41) is 4.22. The van der Waals surface area contributed by atoms with E-state index in [9.17, 15) is 4.79 Å². The normalized spacial score (nSPS) is 10.7. The van der Waals surface area contributed by atoms with Crippen molar-refractivity contribution >= 4 is 28.4 Å². The maximum Gasteiger partial charge on any atom is 0.252 e. The lowest BCUT2D eigenvalue weighted by Crippen LogP contribution is -2.23. The van der Waals surface area contributed by atoms with Gasteiger partial charge < -0.3 is 10.1 Å². The van der Waals surface area contributed by atoms with Crippen LogP contribution in [0.1, 0.15) is 15.9 Å². The van der Waals surface area contributed by atoms with Gasteiger partial charge in [0.05, 0.1) is 23.9 Å². The quantitative estimate of drug-likeness (QED) is 0.515. The van der Waals surface area contributed by atoms with Crippen molar-refractivity contribution in [2.45, 2.75) is 6.54 Å². The number of para-hydroxylation sites is 1. The minimum atomic E-state index is -0.212. The highest BCUT2D eigenvalue weighted by Crippen LogP contribution is 2.27. The summed E-state index contributed by atoms with van der Waals surface area (Å²) in [6, 6.07) is 18.4. The van der Waals surface area contributed by atoms with Crippen molar-refractivity contribution in [2.24, 2.45) is 0 Å². The highest BCUT2D eigenvalue weighted by atomic mass is 35.5. The Morgan fingerprint density at radius 1 is 1.10 bits per heavy atom. The Kier molecular flexibility index (Phi) is 5.40. The molecule has 2 aromatic heterocycles. The lowest BCUT2D eigenvalue weighted by Gasteiger charge is -2.12. The summed E-state index contributed by atoms with van der Waals surface area (Å²) in [4.78, 5) is 21.9. The molecular weight excluding hydrogens is 386 g/mol. The first kappa shape index (κ1) is 18.9. The molecule has 2 aromatic carbocycles. The maximum absolute atomic E-state index is 13.1. The number of pyridine rings is 2. The van der Waals surface area contributed by atoms with Crippen LogP contribution in [0.25, 0.3) is 22.2 Å². The number of carbonyl (C=O) groups is 1. The molecule has 4 aromatic rings. The number of carbonyl (C=O) groups excluding carboxylic acids is 1. The fraction of sp³-hybridized carbons (Fsp3) is 0.0870. The molecule has 6 heteroatoms. The first-order chi connectivity index (χ1) is 14.2. The predicted octanol–water partition coefficient (Wildman–Crippen LogP) is 4.89. The van der Waals surface area contributed by atoms with E-state index in [1.807, 2.05) is 42.5 Å². The summed E-state index contributed by atoms with van der Waals surface area (Å²) < 4.78 is 5.36. The molecule has 1 N–H and O–H groups in total. The molecule has 0 unspecified atom stereocenters. The van der Waals surface area contributed by atoms with E-state index in [-0.39, 0.29) is 5.91 Å². The second-order valence-electron chi connectivity index (χ2n) is 6.45. The summed E-state index contributed by atoms with van der Waals surface area (Å²) >= 11 is 6.18. The number of nitrogens with one attached hydrogen (secondary N) is 1. The Balaban J connectivity index is 1.73. The molecule has 2 heterocycles. The van der Waals surface area contributed by atoms with E-state index >= 15 is 0 Å². The Morgan fingerprint density at radius 2 is 1.97 bits per heavy atom. The first-order valence-electron chi connectivity index (χ1n) is 9.06. The number of ether oxygens (including phenoxy) is 1. The molecule has 0 radical (unpaired) electrons. The molecular formula is C23H18ClN3O2. The van der Waals surface area contributed by atoms with Gasteiger partial charge in [0.2, 0.25) is 0 Å². The summed E-state index contributed by atoms with van der Waals surface area (Å²) in [7, 11) is 1.61. The third-order valence-electron chi connectivity index (χ3n) is 4.60. The first-order valence-corrected chi connectivity index (χ1v) is 9.44. The zero-order valence-corrected chi connectivity index (χ0v) is 16.5. The van der Waals surface area contributed by atoms with Crippen molar-refractivity contribution in [1.29, 1.82) is 0 Å². The molecule has 144 valence electrons. The van der Waals surface area contributed by atoms with E-state index in [1.165, 1.54) is 0 Å². The average molecular weight is 404 g/mol. The van der Waals surface area contributed by atoms with Crippen LogP contribution in [0, 0.1) is 0 Å². The molecule has 0 aliphatic rings. The third kappa shape index (κ3) is 4.05. The van der Waals surface area contributed by atoms with Crippen molar-refractivity contribution in [1.82, 2.24) is 15.3 Å². The van der Waals surface area contributed by atoms with Gasteiger partial charge in [-0.3, -0.25) is 9.78 Å². The smallest absolute Gasteiger partial charge is 0.252 e. The van der Waals surface area contributed by atoms with Crippen LogP contribution < -0.4 is 10.1 Å². The maximum atomic E-state index is 13.1. The molecule has 0 saturated heterocycles. The Hall–Kier alpha value is -3.44. The van der Waals surface area contributed by atoms with Crippen LogP contribution in [0.5, 0.6) is 5.75 Å². The molecule has 4 rings (SSSR count). The van der Waals surface area contributed by atoms with E-state index in [0.29, 0.717) is 33.7 Å². The third-order valence-corrected chi connectivity index (χ3v) is 4.84. The number of hydrogen-bond donors (Lipinski definition) is 1. The number of rotatable bonds is 5. The number of halogens is 1. The molecule has 5 nitrogen and oxygen atoms in total. The summed E-state index contributed by atoms with van der Waals surface area (Å²) in [6.07, 6.45) is 3.42. The zero-order valence-electron chi connectivity index (χ0n) is 15.7. The van der Waals surface area contributed by atoms with Crippen LogP contribution in [-0.4, -0.2) is 23.0 Å². The van der Waals surface area contributed by atoms with E-state index < -0.39 is 0 Å². The van der Waals surface area contributed by atoms with Crippen LogP contribution in [0.4, 0.5) is 0 Å². The van der Waals surface area contributed by atoms with E-state index in [0.717, 1.165) is 16.9 Å². The van der Waals surface area contributed by atoms with Gasteiger partial charge in [0, 0.05) is 40.5 Å². The van der Waals surface area contributed by atoms with Gasteiger partial charge >= 0.3 is 0 Å². The van der Waals surface area contributed by atoms with Crippen molar-refractivity contribution in [2.75, 3.05) is 7.11 Å². The molecule has 0 atom stereocenters. The van der Waals surface area contributed by atoms with Crippen LogP contribution in [0.3, 0.4) is 0 Å². The summed E-state index contributed by atoms with van der Waals surface area (Å²) in [5.41, 5.74) is 3.61. The minimum absolute atomic E-state index is 0.212. The van der Waals surface area contributed by atoms with Gasteiger partial charge in [0.1, 0.15) is 5.75 Å². The number of methoxy groups -OCH3 is 1. The van der Waals surface area contributed by atoms with Crippen molar-refractivity contribution in [3.05, 3.63) is 89.2 Å². The Bertz CT molecular complexity index is 1180. The highest BCUT2D eigenvalue weighted by molar-refractivity contribution is 6.31. The van der Waals surface area contributed by atoms with Crippen LogP contribution in [0.15, 0.2) is 73.1 Å². The molecule has 0 saturated carbocycles. The molecule has 0 aliphatic heterocycles. The van der Waals surface area contributed by atoms with Gasteiger partial charge in [-0.1, -0.05) is 29.8 Å². The zero-order chi connectivity index (χ0) is 20.2. The van der Waals surface area contributed by atoms with Gasteiger partial charge in [-0.25, -0.2) is 4.98 Å². The van der Waals surface area contributed by atoms with Gasteiger partial charge in [-0.2, -0.15) is 0 Å². The van der Waals surface area contributed by atoms with Gasteiger partial charge in [0.15, 0.2) is 0 Å². The fourth-order valence-electron chi connectivity index (χ4n) is 3.17. The fourth-order valence-corrected chi connectivity index (χ4v) is 3.34.